The van der Waals surface area contributed by atoms with Crippen molar-refractivity contribution in [3.05, 3.63) is 69.8 Å². The molecule has 1 heterocycles. The minimum Gasteiger partial charge on any atom is -0.403 e. The van der Waals surface area contributed by atoms with Crippen molar-refractivity contribution in [1.82, 2.24) is 10.2 Å². The van der Waals surface area contributed by atoms with Crippen LogP contribution >= 0.6 is 22.6 Å². The lowest BCUT2D eigenvalue weighted by molar-refractivity contribution is 0.554. The van der Waals surface area contributed by atoms with Gasteiger partial charge in [0.15, 0.2) is 0 Å². The molecule has 0 amide bonds. The zero-order valence-corrected chi connectivity index (χ0v) is 15.8. The zero-order chi connectivity index (χ0) is 17.1. The van der Waals surface area contributed by atoms with E-state index in [9.17, 15) is 0 Å². The molecule has 0 saturated carbocycles. The quantitative estimate of drug-likeness (QED) is 0.550. The molecule has 5 heteroatoms. The van der Waals surface area contributed by atoms with Gasteiger partial charge in [0.2, 0.25) is 0 Å². The van der Waals surface area contributed by atoms with Gasteiger partial charge in [-0.3, -0.25) is 0 Å². The maximum absolute atomic E-state index is 5.84. The topological polar surface area (TPSA) is 51.0 Å². The third kappa shape index (κ3) is 3.76. The predicted octanol–water partition coefficient (Wildman–Crippen LogP) is 5.39. The summed E-state index contributed by atoms with van der Waals surface area (Å²) >= 11 is 2.28. The standard InChI is InChI=1S/C20H18IN3O/c21-18-12-5-4-11-17(18)19-23-24-20(25-19)22-16-10-6-9-15(13-16)14-7-2-1-3-8-14/h1-5,7-9,11-12,16H,6,10,13H2,(H,22,24). The van der Waals surface area contributed by atoms with Crippen LogP contribution in [-0.4, -0.2) is 16.2 Å². The fourth-order valence-corrected chi connectivity index (χ4v) is 3.74. The summed E-state index contributed by atoms with van der Waals surface area (Å²) in [5.41, 5.74) is 3.64. The molecule has 0 saturated heterocycles. The number of nitrogens with zero attached hydrogens (tertiary/aromatic N) is 2. The molecule has 0 spiro atoms. The van der Waals surface area contributed by atoms with Gasteiger partial charge in [0.05, 0.1) is 5.56 Å². The normalized spacial score (nSPS) is 17.2. The van der Waals surface area contributed by atoms with Gasteiger partial charge in [-0.2, -0.15) is 0 Å². The summed E-state index contributed by atoms with van der Waals surface area (Å²) in [5.74, 6) is 0.558. The first-order valence-electron chi connectivity index (χ1n) is 8.39. The highest BCUT2D eigenvalue weighted by molar-refractivity contribution is 14.1. The Hall–Kier alpha value is -2.15. The Balaban J connectivity index is 1.47. The number of benzene rings is 2. The third-order valence-corrected chi connectivity index (χ3v) is 5.31. The van der Waals surface area contributed by atoms with Crippen LogP contribution in [-0.2, 0) is 0 Å². The van der Waals surface area contributed by atoms with E-state index in [0.717, 1.165) is 28.4 Å². The maximum Gasteiger partial charge on any atom is 0.315 e. The summed E-state index contributed by atoms with van der Waals surface area (Å²) in [6.45, 7) is 0. The van der Waals surface area contributed by atoms with Crippen LogP contribution in [0.1, 0.15) is 24.8 Å². The zero-order valence-electron chi connectivity index (χ0n) is 13.7. The van der Waals surface area contributed by atoms with Crippen LogP contribution < -0.4 is 5.32 Å². The van der Waals surface area contributed by atoms with E-state index in [4.69, 9.17) is 4.42 Å². The number of anilines is 1. The lowest BCUT2D eigenvalue weighted by Crippen LogP contribution is -2.22. The Labute approximate surface area is 160 Å². The van der Waals surface area contributed by atoms with Crippen LogP contribution in [0.5, 0.6) is 0 Å². The second-order valence-electron chi connectivity index (χ2n) is 6.11. The van der Waals surface area contributed by atoms with Crippen LogP contribution in [0.2, 0.25) is 0 Å². The number of aromatic nitrogens is 2. The summed E-state index contributed by atoms with van der Waals surface area (Å²) in [7, 11) is 0. The molecule has 1 aromatic heterocycles. The highest BCUT2D eigenvalue weighted by Crippen LogP contribution is 2.30. The molecule has 2 aromatic carbocycles. The Morgan fingerprint density at radius 3 is 2.64 bits per heavy atom. The first kappa shape index (κ1) is 16.3. The molecule has 0 bridgehead atoms. The van der Waals surface area contributed by atoms with Gasteiger partial charge in [-0.15, -0.1) is 5.10 Å². The molecule has 1 atom stereocenters. The first-order chi connectivity index (χ1) is 12.3. The van der Waals surface area contributed by atoms with E-state index < -0.39 is 0 Å². The molecule has 4 nitrogen and oxygen atoms in total. The van der Waals surface area contributed by atoms with Crippen molar-refractivity contribution >= 4 is 34.2 Å². The monoisotopic (exact) mass is 443 g/mol. The Morgan fingerprint density at radius 1 is 1.00 bits per heavy atom. The molecule has 25 heavy (non-hydrogen) atoms. The Kier molecular flexibility index (Phi) is 4.83. The van der Waals surface area contributed by atoms with Crippen molar-refractivity contribution in [1.29, 1.82) is 0 Å². The minimum absolute atomic E-state index is 0.309. The molecule has 1 aliphatic carbocycles. The van der Waals surface area contributed by atoms with Crippen LogP contribution in [0.25, 0.3) is 17.0 Å². The molecule has 1 N–H and O–H groups in total. The van der Waals surface area contributed by atoms with Crippen molar-refractivity contribution in [3.8, 4) is 11.5 Å². The van der Waals surface area contributed by atoms with E-state index in [1.807, 2.05) is 30.3 Å². The van der Waals surface area contributed by atoms with Crippen LogP contribution in [0.4, 0.5) is 6.01 Å². The number of rotatable bonds is 4. The number of nitrogens with one attached hydrogen (secondary N) is 1. The van der Waals surface area contributed by atoms with Gasteiger partial charge in [-0.05, 0) is 65.1 Å². The van der Waals surface area contributed by atoms with E-state index in [1.165, 1.54) is 11.1 Å². The van der Waals surface area contributed by atoms with Crippen molar-refractivity contribution in [3.63, 3.8) is 0 Å². The average molecular weight is 443 g/mol. The van der Waals surface area contributed by atoms with Gasteiger partial charge in [0.1, 0.15) is 0 Å². The third-order valence-electron chi connectivity index (χ3n) is 4.37. The summed E-state index contributed by atoms with van der Waals surface area (Å²) in [6.07, 6.45) is 5.42. The van der Waals surface area contributed by atoms with E-state index >= 15 is 0 Å². The smallest absolute Gasteiger partial charge is 0.315 e. The SMILES string of the molecule is Ic1ccccc1-c1nnc(NC2CCC=C(c3ccccc3)C2)o1. The van der Waals surface area contributed by atoms with E-state index in [-0.39, 0.29) is 0 Å². The highest BCUT2D eigenvalue weighted by Gasteiger charge is 2.19. The van der Waals surface area contributed by atoms with Gasteiger partial charge in [0, 0.05) is 9.61 Å². The first-order valence-corrected chi connectivity index (χ1v) is 9.47. The summed E-state index contributed by atoms with van der Waals surface area (Å²) in [4.78, 5) is 0. The molecule has 0 fully saturated rings. The number of hydrogen-bond acceptors (Lipinski definition) is 4. The van der Waals surface area contributed by atoms with E-state index in [2.05, 4.69) is 68.4 Å². The van der Waals surface area contributed by atoms with Crippen LogP contribution in [0.15, 0.2) is 65.1 Å². The minimum atomic E-state index is 0.309. The molecule has 1 unspecified atom stereocenters. The number of halogens is 1. The fraction of sp³-hybridized carbons (Fsp3) is 0.200. The van der Waals surface area contributed by atoms with E-state index in [0.29, 0.717) is 17.9 Å². The van der Waals surface area contributed by atoms with Gasteiger partial charge < -0.3 is 9.73 Å². The molecule has 0 radical (unpaired) electrons. The molecule has 1 aliphatic rings. The van der Waals surface area contributed by atoms with Crippen LogP contribution in [0, 0.1) is 3.57 Å². The Morgan fingerprint density at radius 2 is 1.80 bits per heavy atom. The second kappa shape index (κ2) is 7.39. The second-order valence-corrected chi connectivity index (χ2v) is 7.27. The fourth-order valence-electron chi connectivity index (χ4n) is 3.12. The van der Waals surface area contributed by atoms with Crippen molar-refractivity contribution in [2.45, 2.75) is 25.3 Å². The van der Waals surface area contributed by atoms with Gasteiger partial charge >= 0.3 is 6.01 Å². The highest BCUT2D eigenvalue weighted by atomic mass is 127. The number of allylic oxidation sites excluding steroid dienone is 1. The van der Waals surface area contributed by atoms with Crippen molar-refractivity contribution in [2.24, 2.45) is 0 Å². The van der Waals surface area contributed by atoms with Gasteiger partial charge in [-0.1, -0.05) is 53.6 Å². The van der Waals surface area contributed by atoms with Gasteiger partial charge in [-0.25, -0.2) is 0 Å². The van der Waals surface area contributed by atoms with E-state index in [1.54, 1.807) is 0 Å². The Bertz CT molecular complexity index is 889. The van der Waals surface area contributed by atoms with Crippen LogP contribution in [0.3, 0.4) is 0 Å². The molecule has 4 rings (SSSR count). The maximum atomic E-state index is 5.84. The molecule has 0 aliphatic heterocycles. The number of hydrogen-bond donors (Lipinski definition) is 1. The lowest BCUT2D eigenvalue weighted by Gasteiger charge is -2.23. The largest absolute Gasteiger partial charge is 0.403 e. The van der Waals surface area contributed by atoms with Crippen molar-refractivity contribution < 1.29 is 4.42 Å². The van der Waals surface area contributed by atoms with Crippen molar-refractivity contribution in [2.75, 3.05) is 5.32 Å². The molecular formula is C20H18IN3O. The average Bonchev–Trinajstić information content (AvgIpc) is 3.11. The molecular weight excluding hydrogens is 425 g/mol. The lowest BCUT2D eigenvalue weighted by atomic mass is 9.90. The van der Waals surface area contributed by atoms with Gasteiger partial charge in [0.25, 0.3) is 5.89 Å². The predicted molar refractivity (Wildman–Crippen MR) is 108 cm³/mol. The summed E-state index contributed by atoms with van der Waals surface area (Å²) in [6, 6.07) is 19.4. The summed E-state index contributed by atoms with van der Waals surface area (Å²) in [5, 5.41) is 11.8. The molecule has 3 aromatic rings. The summed E-state index contributed by atoms with van der Waals surface area (Å²) < 4.78 is 6.94. The molecule has 126 valence electrons.